The highest BCUT2D eigenvalue weighted by molar-refractivity contribution is 5.83. The van der Waals surface area contributed by atoms with Crippen molar-refractivity contribution in [2.75, 3.05) is 18.0 Å². The first-order valence-corrected chi connectivity index (χ1v) is 7.44. The maximum atomic E-state index is 11.4. The van der Waals surface area contributed by atoms with Crippen molar-refractivity contribution in [2.24, 2.45) is 7.05 Å². The summed E-state index contributed by atoms with van der Waals surface area (Å²) >= 11 is 0. The number of ketones is 1. The predicted octanol–water partition coefficient (Wildman–Crippen LogP) is 1.90. The number of hydrogen-bond acceptors (Lipinski definition) is 4. The Balaban J connectivity index is 1.70. The van der Waals surface area contributed by atoms with Crippen LogP contribution in [0.4, 0.5) is 5.69 Å². The van der Waals surface area contributed by atoms with Crippen LogP contribution < -0.4 is 4.90 Å². The van der Waals surface area contributed by atoms with Crippen molar-refractivity contribution in [1.82, 2.24) is 19.4 Å². The van der Waals surface area contributed by atoms with Crippen LogP contribution in [0.5, 0.6) is 0 Å². The molecule has 0 bridgehead atoms. The van der Waals surface area contributed by atoms with Gasteiger partial charge in [-0.2, -0.15) is 10.2 Å². The predicted molar refractivity (Wildman–Crippen MR) is 83.8 cm³/mol. The minimum absolute atomic E-state index is 0.353. The highest BCUT2D eigenvalue weighted by atomic mass is 16.1. The quantitative estimate of drug-likeness (QED) is 0.724. The molecule has 1 saturated heterocycles. The van der Waals surface area contributed by atoms with Gasteiger partial charge in [0.15, 0.2) is 0 Å². The Hall–Kier alpha value is -2.63. The van der Waals surface area contributed by atoms with Crippen LogP contribution in [0, 0.1) is 0 Å². The molecule has 6 nitrogen and oxygen atoms in total. The maximum Gasteiger partial charge on any atom is 0.136 e. The first-order chi connectivity index (χ1) is 10.7. The molecule has 3 aromatic rings. The number of carbonyl (C=O) groups is 1. The highest BCUT2D eigenvalue weighted by Gasteiger charge is 2.19. The number of piperidine rings is 1. The van der Waals surface area contributed by atoms with E-state index in [2.05, 4.69) is 27.2 Å². The third kappa shape index (κ3) is 2.16. The fraction of sp³-hybridized carbons (Fsp3) is 0.312. The molecule has 112 valence electrons. The molecule has 22 heavy (non-hydrogen) atoms. The zero-order valence-corrected chi connectivity index (χ0v) is 12.4. The normalized spacial score (nSPS) is 15.7. The first-order valence-electron chi connectivity index (χ1n) is 7.44. The zero-order valence-electron chi connectivity index (χ0n) is 12.4. The largest absolute Gasteiger partial charge is 0.368 e. The Morgan fingerprint density at radius 1 is 1.00 bits per heavy atom. The van der Waals surface area contributed by atoms with Gasteiger partial charge in [0.05, 0.1) is 23.6 Å². The second kappa shape index (κ2) is 4.98. The zero-order chi connectivity index (χ0) is 15.1. The van der Waals surface area contributed by atoms with Gasteiger partial charge in [-0.3, -0.25) is 9.48 Å². The van der Waals surface area contributed by atoms with E-state index in [-0.39, 0.29) is 0 Å². The van der Waals surface area contributed by atoms with Crippen LogP contribution in [0.25, 0.3) is 16.6 Å². The summed E-state index contributed by atoms with van der Waals surface area (Å²) < 4.78 is 3.69. The maximum absolute atomic E-state index is 11.4. The summed E-state index contributed by atoms with van der Waals surface area (Å²) in [5.74, 6) is 0.353. The Bertz CT molecular complexity index is 837. The summed E-state index contributed by atoms with van der Waals surface area (Å²) in [5, 5.41) is 8.67. The fourth-order valence-corrected chi connectivity index (χ4v) is 2.95. The molecule has 0 atom stereocenters. The van der Waals surface area contributed by atoms with Crippen molar-refractivity contribution in [1.29, 1.82) is 0 Å². The topological polar surface area (TPSA) is 55.4 Å². The van der Waals surface area contributed by atoms with E-state index in [1.54, 1.807) is 4.68 Å². The van der Waals surface area contributed by atoms with E-state index in [4.69, 9.17) is 0 Å². The number of nitrogens with zero attached hydrogens (tertiary/aromatic N) is 5. The number of rotatable bonds is 2. The summed E-state index contributed by atoms with van der Waals surface area (Å²) in [6.45, 7) is 1.56. The third-order valence-corrected chi connectivity index (χ3v) is 4.20. The second-order valence-electron chi connectivity index (χ2n) is 5.71. The molecular weight excluding hydrogens is 278 g/mol. The van der Waals surface area contributed by atoms with Gasteiger partial charge >= 0.3 is 0 Å². The van der Waals surface area contributed by atoms with Gasteiger partial charge in [0.25, 0.3) is 0 Å². The van der Waals surface area contributed by atoms with Crippen molar-refractivity contribution in [3.8, 4) is 11.1 Å². The van der Waals surface area contributed by atoms with E-state index in [1.165, 1.54) is 0 Å². The molecule has 0 amide bonds. The third-order valence-electron chi connectivity index (χ3n) is 4.20. The number of hydrogen-bond donors (Lipinski definition) is 0. The summed E-state index contributed by atoms with van der Waals surface area (Å²) in [5.41, 5.74) is 4.33. The number of Topliss-reactive ketones (excluding diaryl/α,β-unsaturated/α-hetero) is 1. The lowest BCUT2D eigenvalue weighted by Gasteiger charge is -2.26. The Kier molecular flexibility index (Phi) is 2.96. The minimum Gasteiger partial charge on any atom is -0.368 e. The molecule has 0 unspecified atom stereocenters. The van der Waals surface area contributed by atoms with Crippen molar-refractivity contribution < 1.29 is 4.79 Å². The molecule has 0 saturated carbocycles. The molecule has 1 aliphatic rings. The number of anilines is 1. The molecule has 1 fully saturated rings. The van der Waals surface area contributed by atoms with Crippen molar-refractivity contribution in [3.63, 3.8) is 0 Å². The van der Waals surface area contributed by atoms with E-state index in [9.17, 15) is 4.79 Å². The van der Waals surface area contributed by atoms with Crippen LogP contribution in [0.3, 0.4) is 0 Å². The van der Waals surface area contributed by atoms with Gasteiger partial charge in [0.2, 0.25) is 0 Å². The first kappa shape index (κ1) is 13.1. The van der Waals surface area contributed by atoms with Gasteiger partial charge in [-0.05, 0) is 6.07 Å². The molecule has 0 N–H and O–H groups in total. The average Bonchev–Trinajstić information content (AvgIpc) is 3.14. The molecule has 6 heteroatoms. The molecule has 0 aromatic carbocycles. The number of fused-ring (bicyclic) bond motifs is 1. The second-order valence-corrected chi connectivity index (χ2v) is 5.71. The van der Waals surface area contributed by atoms with Crippen LogP contribution in [-0.4, -0.2) is 38.3 Å². The summed E-state index contributed by atoms with van der Waals surface area (Å²) in [7, 11) is 1.91. The van der Waals surface area contributed by atoms with Crippen LogP contribution in [0.15, 0.2) is 36.9 Å². The van der Waals surface area contributed by atoms with Gasteiger partial charge in [-0.15, -0.1) is 0 Å². The van der Waals surface area contributed by atoms with Gasteiger partial charge < -0.3 is 4.90 Å². The van der Waals surface area contributed by atoms with E-state index in [0.717, 1.165) is 35.4 Å². The molecule has 0 aliphatic carbocycles. The van der Waals surface area contributed by atoms with Crippen molar-refractivity contribution in [2.45, 2.75) is 12.8 Å². The van der Waals surface area contributed by atoms with Gasteiger partial charge in [0.1, 0.15) is 5.78 Å². The van der Waals surface area contributed by atoms with Crippen molar-refractivity contribution >= 4 is 17.0 Å². The Morgan fingerprint density at radius 3 is 2.55 bits per heavy atom. The minimum atomic E-state index is 0.353. The highest BCUT2D eigenvalue weighted by Crippen LogP contribution is 2.26. The smallest absolute Gasteiger partial charge is 0.136 e. The number of aromatic nitrogens is 4. The molecule has 3 aromatic heterocycles. The van der Waals surface area contributed by atoms with Gasteiger partial charge in [-0.25, -0.2) is 4.52 Å². The summed E-state index contributed by atoms with van der Waals surface area (Å²) in [4.78, 5) is 13.6. The lowest BCUT2D eigenvalue weighted by atomic mass is 10.1. The summed E-state index contributed by atoms with van der Waals surface area (Å²) in [6, 6.07) is 4.17. The lowest BCUT2D eigenvalue weighted by Crippen LogP contribution is -2.33. The Morgan fingerprint density at radius 2 is 1.82 bits per heavy atom. The number of aryl methyl sites for hydroxylation is 1. The monoisotopic (exact) mass is 295 g/mol. The van der Waals surface area contributed by atoms with E-state index in [0.29, 0.717) is 18.6 Å². The molecule has 4 rings (SSSR count). The van der Waals surface area contributed by atoms with Crippen LogP contribution in [0.2, 0.25) is 0 Å². The van der Waals surface area contributed by atoms with Gasteiger partial charge in [-0.1, -0.05) is 6.07 Å². The van der Waals surface area contributed by atoms with Crippen molar-refractivity contribution in [3.05, 3.63) is 36.9 Å². The molecule has 1 aliphatic heterocycles. The van der Waals surface area contributed by atoms with Crippen LogP contribution >= 0.6 is 0 Å². The van der Waals surface area contributed by atoms with Crippen LogP contribution in [0.1, 0.15) is 12.8 Å². The molecular formula is C16H17N5O. The van der Waals surface area contributed by atoms with E-state index >= 15 is 0 Å². The fourth-order valence-electron chi connectivity index (χ4n) is 2.95. The molecule has 0 radical (unpaired) electrons. The molecule has 0 spiro atoms. The van der Waals surface area contributed by atoms with Crippen LogP contribution in [-0.2, 0) is 11.8 Å². The van der Waals surface area contributed by atoms with Gasteiger partial charge in [0, 0.05) is 56.5 Å². The van der Waals surface area contributed by atoms with E-state index in [1.807, 2.05) is 36.4 Å². The Labute approximate surface area is 128 Å². The SMILES string of the molecule is Cn1cc(-c2ccc3c(N4CCC(=O)CC4)cnn3c2)cn1. The molecule has 4 heterocycles. The summed E-state index contributed by atoms with van der Waals surface area (Å²) in [6.07, 6.45) is 9.00. The average molecular weight is 295 g/mol. The number of pyridine rings is 1. The standard InChI is InChI=1S/C16H17N5O/c1-19-10-13(8-17-19)12-2-3-15-16(9-18-21(15)11-12)20-6-4-14(22)5-7-20/h2-3,8-11H,4-7H2,1H3. The lowest BCUT2D eigenvalue weighted by molar-refractivity contribution is -0.119. The number of carbonyl (C=O) groups excluding carboxylic acids is 1. The van der Waals surface area contributed by atoms with E-state index < -0.39 is 0 Å².